The monoisotopic (exact) mass is 524 g/mol. The van der Waals surface area contributed by atoms with Crippen LogP contribution < -0.4 is 16.0 Å². The summed E-state index contributed by atoms with van der Waals surface area (Å²) in [5.74, 6) is -1.41. The molecule has 8 bridgehead atoms. The molecule has 0 amide bonds. The number of methoxy groups -OCH3 is 1. The van der Waals surface area contributed by atoms with E-state index in [1.807, 2.05) is 6.92 Å². The van der Waals surface area contributed by atoms with Gasteiger partial charge in [0.15, 0.2) is 5.78 Å². The quantitative estimate of drug-likeness (QED) is 0.298. The van der Waals surface area contributed by atoms with E-state index >= 15 is 0 Å². The molecule has 39 heavy (non-hydrogen) atoms. The Labute approximate surface area is 228 Å². The van der Waals surface area contributed by atoms with Crippen LogP contribution in [0, 0.1) is 52.4 Å². The number of esters is 1. The molecule has 0 saturated carbocycles. The predicted octanol–water partition coefficient (Wildman–Crippen LogP) is 4.19. The summed E-state index contributed by atoms with van der Waals surface area (Å²) >= 11 is 0. The third kappa shape index (κ3) is 3.48. The van der Waals surface area contributed by atoms with Gasteiger partial charge in [0, 0.05) is 62.1 Å². The number of ether oxygens (including phenoxy) is 1. The van der Waals surface area contributed by atoms with Crippen molar-refractivity contribution in [2.75, 3.05) is 7.11 Å². The number of carbonyl (C=O) groups excluding carboxylic acids is 2. The van der Waals surface area contributed by atoms with Crippen molar-refractivity contribution in [3.05, 3.63) is 78.2 Å². The van der Waals surface area contributed by atoms with Crippen LogP contribution in [0.15, 0.2) is 11.4 Å². The molecule has 2 aliphatic heterocycles. The van der Waals surface area contributed by atoms with E-state index in [1.165, 1.54) is 23.8 Å². The number of fused-ring (bicyclic) bond motifs is 7. The van der Waals surface area contributed by atoms with Crippen LogP contribution in [0.4, 0.5) is 0 Å². The summed E-state index contributed by atoms with van der Waals surface area (Å²) in [6, 6.07) is 0. The molecule has 0 radical (unpaired) electrons. The van der Waals surface area contributed by atoms with Gasteiger partial charge in [0.25, 0.3) is 0 Å². The first-order valence-corrected chi connectivity index (χ1v) is 13.7. The lowest BCUT2D eigenvalue weighted by atomic mass is 9.86. The Kier molecular flexibility index (Phi) is 5.68. The highest BCUT2D eigenvalue weighted by molar-refractivity contribution is 6.24. The number of allylic oxidation sites excluding steroid dienone is 2. The van der Waals surface area contributed by atoms with Crippen LogP contribution in [0.1, 0.15) is 81.2 Å². The molecule has 5 heterocycles. The fraction of sp³-hybridized carbons (Fsp3) is 0.375. The summed E-state index contributed by atoms with van der Waals surface area (Å²) in [6.07, 6.45) is 7.32. The van der Waals surface area contributed by atoms with E-state index in [-0.39, 0.29) is 17.6 Å². The van der Waals surface area contributed by atoms with Crippen LogP contribution >= 0.6 is 0 Å². The van der Waals surface area contributed by atoms with Gasteiger partial charge in [-0.25, -0.2) is 0 Å². The molecule has 3 aliphatic rings. The van der Waals surface area contributed by atoms with Crippen molar-refractivity contribution in [1.29, 1.82) is 0 Å². The van der Waals surface area contributed by atoms with Crippen LogP contribution in [0.5, 0.6) is 0 Å². The lowest BCUT2D eigenvalue weighted by Gasteiger charge is -2.18. The average molecular weight is 525 g/mol. The van der Waals surface area contributed by atoms with Crippen molar-refractivity contribution in [3.63, 3.8) is 0 Å². The number of aromatic amines is 3. The van der Waals surface area contributed by atoms with Gasteiger partial charge in [0.1, 0.15) is 5.92 Å². The number of aromatic nitrogens is 3. The average Bonchev–Trinajstić information content (AvgIpc) is 3.64. The number of hydrogen-bond acceptors (Lipinski definition) is 4. The number of rotatable bonds is 2. The van der Waals surface area contributed by atoms with Gasteiger partial charge in [-0.15, -0.1) is 0 Å². The van der Waals surface area contributed by atoms with E-state index in [4.69, 9.17) is 4.74 Å². The lowest BCUT2D eigenvalue weighted by molar-refractivity contribution is -0.141. The maximum Gasteiger partial charge on any atom is 0.321 e. The van der Waals surface area contributed by atoms with Gasteiger partial charge in [0.05, 0.1) is 12.8 Å². The lowest BCUT2D eigenvalue weighted by Crippen LogP contribution is -2.25. The van der Waals surface area contributed by atoms with Crippen molar-refractivity contribution in [3.8, 4) is 0 Å². The molecule has 202 valence electrons. The van der Waals surface area contributed by atoms with Gasteiger partial charge in [-0.05, 0) is 87.1 Å². The maximum atomic E-state index is 13.9. The van der Waals surface area contributed by atoms with Gasteiger partial charge in [0.2, 0.25) is 0 Å². The zero-order valence-electron chi connectivity index (χ0n) is 23.9. The molecule has 1 fully saturated rings. The van der Waals surface area contributed by atoms with Crippen LogP contribution in [-0.2, 0) is 9.53 Å². The summed E-state index contributed by atoms with van der Waals surface area (Å²) in [5, 5.41) is 5.72. The second-order valence-corrected chi connectivity index (χ2v) is 11.3. The molecule has 0 aromatic carbocycles. The van der Waals surface area contributed by atoms with Gasteiger partial charge in [-0.3, -0.25) is 9.59 Å². The molecule has 7 heteroatoms. The van der Waals surface area contributed by atoms with Crippen molar-refractivity contribution in [1.82, 2.24) is 20.3 Å². The summed E-state index contributed by atoms with van der Waals surface area (Å²) in [7, 11) is 1.35. The first-order valence-electron chi connectivity index (χ1n) is 13.7. The fourth-order valence-electron chi connectivity index (χ4n) is 6.64. The molecule has 6 rings (SSSR count). The zero-order valence-corrected chi connectivity index (χ0v) is 23.9. The highest BCUT2D eigenvalue weighted by atomic mass is 16.5. The minimum Gasteiger partial charge on any atom is -0.468 e. The van der Waals surface area contributed by atoms with Crippen LogP contribution in [0.2, 0.25) is 0 Å². The molecule has 3 aromatic rings. The molecule has 1 saturated heterocycles. The highest BCUT2D eigenvalue weighted by Gasteiger charge is 2.48. The minimum absolute atomic E-state index is 0.127. The summed E-state index contributed by atoms with van der Waals surface area (Å²) in [5.41, 5.74) is 12.6. The molecule has 0 spiro atoms. The normalized spacial score (nSPS) is 26.4. The number of carbonyl (C=O) groups is 2. The summed E-state index contributed by atoms with van der Waals surface area (Å²) in [6.45, 7) is 14.8. The largest absolute Gasteiger partial charge is 0.468 e. The van der Waals surface area contributed by atoms with Crippen LogP contribution in [0.25, 0.3) is 23.8 Å². The first kappa shape index (κ1) is 25.3. The van der Waals surface area contributed by atoms with Gasteiger partial charge < -0.3 is 25.0 Å². The Morgan fingerprint density at radius 2 is 1.44 bits per heavy atom. The first-order chi connectivity index (χ1) is 18.6. The minimum atomic E-state index is -0.984. The van der Waals surface area contributed by atoms with Crippen molar-refractivity contribution in [2.24, 2.45) is 17.8 Å². The highest BCUT2D eigenvalue weighted by Crippen LogP contribution is 2.47. The van der Waals surface area contributed by atoms with E-state index in [2.05, 4.69) is 80.0 Å². The Morgan fingerprint density at radius 3 is 2.03 bits per heavy atom. The van der Waals surface area contributed by atoms with Gasteiger partial charge >= 0.3 is 5.97 Å². The Morgan fingerprint density at radius 1 is 0.846 bits per heavy atom. The van der Waals surface area contributed by atoms with E-state index < -0.39 is 11.9 Å². The van der Waals surface area contributed by atoms with Crippen molar-refractivity contribution < 1.29 is 14.3 Å². The van der Waals surface area contributed by atoms with Crippen LogP contribution in [0.3, 0.4) is 0 Å². The number of nitrogens with one attached hydrogen (secondary N) is 4. The summed E-state index contributed by atoms with van der Waals surface area (Å²) in [4.78, 5) is 37.7. The Hall–Kier alpha value is -4.00. The van der Waals surface area contributed by atoms with Gasteiger partial charge in [-0.1, -0.05) is 13.8 Å². The molecule has 3 aromatic heterocycles. The Bertz CT molecular complexity index is 1770. The molecule has 3 atom stereocenters. The smallest absolute Gasteiger partial charge is 0.321 e. The van der Waals surface area contributed by atoms with Gasteiger partial charge in [-0.2, -0.15) is 0 Å². The number of ketones is 1. The molecule has 0 unspecified atom stereocenters. The summed E-state index contributed by atoms with van der Waals surface area (Å²) < 4.78 is 5.16. The zero-order chi connectivity index (χ0) is 27.9. The second-order valence-electron chi connectivity index (χ2n) is 11.3. The standard InChI is InChI=1S/C32H36N4O3/c1-9-19-17(6)24-11-22-15(4)13(2)20(33-22)10-21-14(3)16(5)23(34-21)12-25-18(7)26-30(36-25)27(29(19)35-24)28(31(26)37)32(38)39-8/h10-12,17,19,28,33-36H,9H2,1-8H3/b21-10-,23-12-,24-11-,29-27-/t17-,19-,28+/m0/s1. The second kappa shape index (κ2) is 8.76. The number of hydrogen-bond donors (Lipinski definition) is 4. The third-order valence-corrected chi connectivity index (χ3v) is 9.42. The molecular formula is C32H36N4O3. The van der Waals surface area contributed by atoms with Crippen molar-refractivity contribution in [2.45, 2.75) is 54.9 Å². The SMILES string of the molecule is CC[C@@H]1/C2=C3/c4[nH]c(c(C)c4C(=O)[C@@H]3C(=O)OC)/C=c3\[nH]/c(c(C)c3C)=C\c3[nH]c(c(C)c3C)/C=C(\N2)[C@H]1C. The van der Waals surface area contributed by atoms with E-state index in [1.54, 1.807) is 0 Å². The van der Waals surface area contributed by atoms with E-state index in [0.717, 1.165) is 62.4 Å². The topological polar surface area (TPSA) is 103 Å². The third-order valence-electron chi connectivity index (χ3n) is 9.42. The number of Topliss-reactive ketones (excluding diaryl/α,β-unsaturated/α-hetero) is 1. The molecule has 4 N–H and O–H groups in total. The fourth-order valence-corrected chi connectivity index (χ4v) is 6.64. The molecular weight excluding hydrogens is 488 g/mol. The number of H-pyrrole nitrogens is 3. The van der Waals surface area contributed by atoms with Crippen molar-refractivity contribution >= 4 is 35.6 Å². The van der Waals surface area contributed by atoms with E-state index in [0.29, 0.717) is 11.1 Å². The van der Waals surface area contributed by atoms with E-state index in [9.17, 15) is 9.59 Å². The molecule has 7 nitrogen and oxygen atoms in total. The van der Waals surface area contributed by atoms with Crippen LogP contribution in [-0.4, -0.2) is 33.8 Å². The Balaban J connectivity index is 1.74. The molecule has 1 aliphatic carbocycles. The maximum absolute atomic E-state index is 13.9. The predicted molar refractivity (Wildman–Crippen MR) is 153 cm³/mol.